The molecule has 2 N–H and O–H groups in total. The molecule has 2 amide bonds. The van der Waals surface area contributed by atoms with E-state index in [1.54, 1.807) is 30.3 Å². The molecule has 0 unspecified atom stereocenters. The quantitative estimate of drug-likeness (QED) is 0.586. The Morgan fingerprint density at radius 3 is 2.50 bits per heavy atom. The fourth-order valence-corrected chi connectivity index (χ4v) is 1.77. The van der Waals surface area contributed by atoms with E-state index in [2.05, 4.69) is 15.8 Å². The third kappa shape index (κ3) is 4.87. The van der Waals surface area contributed by atoms with Gasteiger partial charge in [0.05, 0.1) is 33.2 Å². The topological polar surface area (TPSA) is 102 Å². The molecule has 0 radical (unpaired) electrons. The average Bonchev–Trinajstić information content (AvgIpc) is 3.12. The van der Waals surface area contributed by atoms with Crippen molar-refractivity contribution in [3.63, 3.8) is 0 Å². The van der Waals surface area contributed by atoms with Gasteiger partial charge in [-0.25, -0.2) is 5.43 Å². The Hall–Kier alpha value is -3.29. The standard InChI is InChI=1S/C16H17N3O5/c1-22-13-6-11(7-14(8-13)23-2)16(21)17-10-15(20)19-18-9-12-4-3-5-24-12/h3-9H,10H2,1-2H3,(H,17,21)(H,19,20)/b18-9+. The van der Waals surface area contributed by atoms with E-state index in [1.807, 2.05) is 0 Å². The Morgan fingerprint density at radius 1 is 1.21 bits per heavy atom. The number of rotatable bonds is 7. The average molecular weight is 331 g/mol. The molecule has 8 nitrogen and oxygen atoms in total. The minimum atomic E-state index is -0.471. The normalized spacial score (nSPS) is 10.4. The Morgan fingerprint density at radius 2 is 1.92 bits per heavy atom. The van der Waals surface area contributed by atoms with Crippen LogP contribution in [0.3, 0.4) is 0 Å². The SMILES string of the molecule is COc1cc(OC)cc(C(=O)NCC(=O)N/N=C/c2ccco2)c1. The van der Waals surface area contributed by atoms with E-state index < -0.39 is 11.8 Å². The molecule has 8 heteroatoms. The van der Waals surface area contributed by atoms with Crippen LogP contribution in [0.2, 0.25) is 0 Å². The fourth-order valence-electron chi connectivity index (χ4n) is 1.77. The Bertz CT molecular complexity index is 703. The summed E-state index contributed by atoms with van der Waals surface area (Å²) < 4.78 is 15.2. The van der Waals surface area contributed by atoms with E-state index in [1.165, 1.54) is 26.7 Å². The van der Waals surface area contributed by atoms with E-state index >= 15 is 0 Å². The van der Waals surface area contributed by atoms with Crippen LogP contribution in [0.5, 0.6) is 11.5 Å². The zero-order valence-corrected chi connectivity index (χ0v) is 13.2. The van der Waals surface area contributed by atoms with Gasteiger partial charge < -0.3 is 19.2 Å². The molecule has 0 aliphatic rings. The Kier molecular flexibility index (Phi) is 5.95. The highest BCUT2D eigenvalue weighted by Gasteiger charge is 2.11. The van der Waals surface area contributed by atoms with Crippen molar-refractivity contribution in [2.75, 3.05) is 20.8 Å². The Balaban J connectivity index is 1.87. The number of methoxy groups -OCH3 is 2. The number of hydrogen-bond donors (Lipinski definition) is 2. The molecule has 0 saturated heterocycles. The van der Waals surface area contributed by atoms with Crippen LogP contribution in [-0.4, -0.2) is 38.8 Å². The maximum Gasteiger partial charge on any atom is 0.259 e. The van der Waals surface area contributed by atoms with Crippen molar-refractivity contribution < 1.29 is 23.5 Å². The first-order valence-corrected chi connectivity index (χ1v) is 6.99. The zero-order valence-electron chi connectivity index (χ0n) is 13.2. The lowest BCUT2D eigenvalue weighted by Gasteiger charge is -2.08. The van der Waals surface area contributed by atoms with Gasteiger partial charge >= 0.3 is 0 Å². The van der Waals surface area contributed by atoms with Crippen LogP contribution in [0, 0.1) is 0 Å². The van der Waals surface area contributed by atoms with Crippen molar-refractivity contribution in [1.82, 2.24) is 10.7 Å². The highest BCUT2D eigenvalue weighted by atomic mass is 16.5. The molecular formula is C16H17N3O5. The number of hydrogen-bond acceptors (Lipinski definition) is 6. The van der Waals surface area contributed by atoms with Crippen molar-refractivity contribution in [2.24, 2.45) is 5.10 Å². The minimum Gasteiger partial charge on any atom is -0.497 e. The third-order valence-electron chi connectivity index (χ3n) is 2.95. The summed E-state index contributed by atoms with van der Waals surface area (Å²) in [4.78, 5) is 23.7. The fraction of sp³-hybridized carbons (Fsp3) is 0.188. The maximum absolute atomic E-state index is 12.1. The van der Waals surface area contributed by atoms with Crippen molar-refractivity contribution >= 4 is 18.0 Å². The van der Waals surface area contributed by atoms with Gasteiger partial charge in [0.2, 0.25) is 0 Å². The summed E-state index contributed by atoms with van der Waals surface area (Å²) in [5, 5.41) is 6.20. The van der Waals surface area contributed by atoms with Crippen molar-refractivity contribution in [3.05, 3.63) is 47.9 Å². The van der Waals surface area contributed by atoms with E-state index in [0.717, 1.165) is 0 Å². The largest absolute Gasteiger partial charge is 0.497 e. The monoisotopic (exact) mass is 331 g/mol. The second-order valence-electron chi connectivity index (χ2n) is 4.59. The summed E-state index contributed by atoms with van der Waals surface area (Å²) >= 11 is 0. The summed E-state index contributed by atoms with van der Waals surface area (Å²) in [6.07, 6.45) is 2.85. The molecule has 2 aromatic rings. The number of carbonyl (C=O) groups is 2. The highest BCUT2D eigenvalue weighted by molar-refractivity contribution is 5.97. The maximum atomic E-state index is 12.1. The van der Waals surface area contributed by atoms with Crippen LogP contribution < -0.4 is 20.2 Å². The van der Waals surface area contributed by atoms with Gasteiger partial charge in [0.25, 0.3) is 11.8 Å². The van der Waals surface area contributed by atoms with E-state index in [0.29, 0.717) is 22.8 Å². The van der Waals surface area contributed by atoms with Gasteiger partial charge in [0.1, 0.15) is 17.3 Å². The first kappa shape index (κ1) is 17.1. The summed E-state index contributed by atoms with van der Waals surface area (Å²) in [7, 11) is 2.97. The third-order valence-corrected chi connectivity index (χ3v) is 2.95. The number of amides is 2. The minimum absolute atomic E-state index is 0.228. The lowest BCUT2D eigenvalue weighted by atomic mass is 10.2. The van der Waals surface area contributed by atoms with Gasteiger partial charge in [-0.3, -0.25) is 9.59 Å². The van der Waals surface area contributed by atoms with E-state index in [-0.39, 0.29) is 6.54 Å². The number of ether oxygens (including phenoxy) is 2. The predicted molar refractivity (Wildman–Crippen MR) is 86.3 cm³/mol. The number of nitrogens with zero attached hydrogens (tertiary/aromatic N) is 1. The van der Waals surface area contributed by atoms with Crippen LogP contribution in [-0.2, 0) is 4.79 Å². The van der Waals surface area contributed by atoms with E-state index in [9.17, 15) is 9.59 Å². The summed E-state index contributed by atoms with van der Waals surface area (Å²) in [6, 6.07) is 8.13. The van der Waals surface area contributed by atoms with E-state index in [4.69, 9.17) is 13.9 Å². The van der Waals surface area contributed by atoms with Crippen molar-refractivity contribution in [2.45, 2.75) is 0 Å². The smallest absolute Gasteiger partial charge is 0.259 e. The van der Waals surface area contributed by atoms with Crippen LogP contribution in [0.1, 0.15) is 16.1 Å². The van der Waals surface area contributed by atoms with Gasteiger partial charge in [-0.1, -0.05) is 0 Å². The van der Waals surface area contributed by atoms with Gasteiger partial charge in [0, 0.05) is 11.6 Å². The number of nitrogens with one attached hydrogen (secondary N) is 2. The molecule has 126 valence electrons. The number of furan rings is 1. The number of carbonyl (C=O) groups excluding carboxylic acids is 2. The highest BCUT2D eigenvalue weighted by Crippen LogP contribution is 2.22. The molecule has 0 aliphatic carbocycles. The molecule has 1 aromatic carbocycles. The molecule has 2 rings (SSSR count). The van der Waals surface area contributed by atoms with Crippen LogP contribution >= 0.6 is 0 Å². The lowest BCUT2D eigenvalue weighted by molar-refractivity contribution is -0.120. The molecule has 0 spiro atoms. The Labute approximate surface area is 138 Å². The van der Waals surface area contributed by atoms with Gasteiger partial charge in [-0.15, -0.1) is 0 Å². The second-order valence-corrected chi connectivity index (χ2v) is 4.59. The van der Waals surface area contributed by atoms with Crippen LogP contribution in [0.25, 0.3) is 0 Å². The number of benzene rings is 1. The van der Waals surface area contributed by atoms with Gasteiger partial charge in [0.15, 0.2) is 0 Å². The summed E-state index contributed by atoms with van der Waals surface area (Å²) in [5.74, 6) is 0.556. The second kappa shape index (κ2) is 8.37. The molecule has 0 saturated carbocycles. The molecule has 24 heavy (non-hydrogen) atoms. The lowest BCUT2D eigenvalue weighted by Crippen LogP contribution is -2.34. The molecule has 1 heterocycles. The molecule has 0 aliphatic heterocycles. The molecule has 0 atom stereocenters. The van der Waals surface area contributed by atoms with Crippen LogP contribution in [0.4, 0.5) is 0 Å². The molecular weight excluding hydrogens is 314 g/mol. The van der Waals surface area contributed by atoms with Gasteiger partial charge in [-0.05, 0) is 24.3 Å². The first-order valence-electron chi connectivity index (χ1n) is 6.99. The van der Waals surface area contributed by atoms with Crippen LogP contribution in [0.15, 0.2) is 46.1 Å². The summed E-state index contributed by atoms with van der Waals surface area (Å²) in [5.41, 5.74) is 2.60. The molecule has 0 bridgehead atoms. The van der Waals surface area contributed by atoms with Crippen molar-refractivity contribution in [1.29, 1.82) is 0 Å². The van der Waals surface area contributed by atoms with Crippen molar-refractivity contribution in [3.8, 4) is 11.5 Å². The molecule has 1 aromatic heterocycles. The molecule has 0 fully saturated rings. The van der Waals surface area contributed by atoms with Gasteiger partial charge in [-0.2, -0.15) is 5.10 Å². The number of hydrazone groups is 1. The first-order chi connectivity index (χ1) is 11.6. The predicted octanol–water partition coefficient (Wildman–Crippen LogP) is 1.18. The summed E-state index contributed by atoms with van der Waals surface area (Å²) in [6.45, 7) is -0.228. The zero-order chi connectivity index (χ0) is 17.4.